The van der Waals surface area contributed by atoms with Crippen molar-refractivity contribution in [2.45, 2.75) is 13.3 Å². The van der Waals surface area contributed by atoms with Crippen LogP contribution in [0.2, 0.25) is 0 Å². The molecule has 0 aliphatic rings. The number of nitrogens with zero attached hydrogens (tertiary/aromatic N) is 2. The molecule has 3 aromatic rings. The molecule has 22 heavy (non-hydrogen) atoms. The van der Waals surface area contributed by atoms with E-state index in [4.69, 9.17) is 4.74 Å². The van der Waals surface area contributed by atoms with Gasteiger partial charge in [0, 0.05) is 30.6 Å². The molecular formula is C17H17N3O2. The second kappa shape index (κ2) is 6.30. The molecule has 0 unspecified atom stereocenters. The summed E-state index contributed by atoms with van der Waals surface area (Å²) in [7, 11) is 0. The highest BCUT2D eigenvalue weighted by atomic mass is 16.5. The van der Waals surface area contributed by atoms with Crippen LogP contribution in [0.3, 0.4) is 0 Å². The Kier molecular flexibility index (Phi) is 4.05. The quantitative estimate of drug-likeness (QED) is 0.787. The number of nitrogens with one attached hydrogen (secondary N) is 1. The van der Waals surface area contributed by atoms with Crippen LogP contribution in [0, 0.1) is 0 Å². The van der Waals surface area contributed by atoms with Gasteiger partial charge in [0.15, 0.2) is 0 Å². The van der Waals surface area contributed by atoms with E-state index >= 15 is 0 Å². The lowest BCUT2D eigenvalue weighted by molar-refractivity contribution is 0.340. The smallest absolute Gasteiger partial charge is 0.271 e. The van der Waals surface area contributed by atoms with Crippen LogP contribution in [0.25, 0.3) is 5.69 Å². The highest BCUT2D eigenvalue weighted by Gasteiger charge is 2.06. The first-order valence-corrected chi connectivity index (χ1v) is 7.19. The number of rotatable bonds is 5. The summed E-state index contributed by atoms with van der Waals surface area (Å²) < 4.78 is 6.94. The van der Waals surface area contributed by atoms with Crippen molar-refractivity contribution in [3.8, 4) is 11.4 Å². The van der Waals surface area contributed by atoms with E-state index in [2.05, 4.69) is 10.1 Å². The second-order valence-electron chi connectivity index (χ2n) is 4.92. The van der Waals surface area contributed by atoms with Gasteiger partial charge in [0.1, 0.15) is 5.75 Å². The van der Waals surface area contributed by atoms with Gasteiger partial charge in [-0.1, -0.05) is 6.07 Å². The molecular weight excluding hydrogens is 278 g/mol. The summed E-state index contributed by atoms with van der Waals surface area (Å²) in [4.78, 5) is 16.2. The van der Waals surface area contributed by atoms with Crippen LogP contribution in [0.4, 0.5) is 0 Å². The maximum Gasteiger partial charge on any atom is 0.271 e. The number of pyridine rings is 1. The second-order valence-corrected chi connectivity index (χ2v) is 4.92. The van der Waals surface area contributed by atoms with Gasteiger partial charge in [0.05, 0.1) is 12.3 Å². The fourth-order valence-electron chi connectivity index (χ4n) is 2.31. The van der Waals surface area contributed by atoms with E-state index in [0.29, 0.717) is 13.0 Å². The number of hydrogen-bond donors (Lipinski definition) is 1. The molecule has 0 aliphatic carbocycles. The highest BCUT2D eigenvalue weighted by molar-refractivity contribution is 5.37. The third kappa shape index (κ3) is 3.09. The number of ether oxygens (including phenoxy) is 1. The Balaban J connectivity index is 1.84. The van der Waals surface area contributed by atoms with Crippen molar-refractivity contribution < 1.29 is 4.74 Å². The first-order chi connectivity index (χ1) is 10.8. The van der Waals surface area contributed by atoms with E-state index in [1.54, 1.807) is 18.5 Å². The third-order valence-electron chi connectivity index (χ3n) is 3.30. The van der Waals surface area contributed by atoms with Crippen LogP contribution in [0.5, 0.6) is 5.75 Å². The average molecular weight is 295 g/mol. The van der Waals surface area contributed by atoms with Crippen molar-refractivity contribution >= 4 is 0 Å². The van der Waals surface area contributed by atoms with Crippen LogP contribution in [0.15, 0.2) is 59.7 Å². The molecule has 0 aliphatic heterocycles. The molecule has 0 atom stereocenters. The first kappa shape index (κ1) is 14.1. The van der Waals surface area contributed by atoms with Gasteiger partial charge in [-0.05, 0) is 42.8 Å². The summed E-state index contributed by atoms with van der Waals surface area (Å²) in [6.45, 7) is 2.56. The lowest BCUT2D eigenvalue weighted by Gasteiger charge is -2.05. The maximum absolute atomic E-state index is 12.1. The van der Waals surface area contributed by atoms with Gasteiger partial charge in [-0.25, -0.2) is 4.68 Å². The Bertz CT molecular complexity index is 789. The summed E-state index contributed by atoms with van der Waals surface area (Å²) in [5.74, 6) is 0.793. The van der Waals surface area contributed by atoms with E-state index < -0.39 is 0 Å². The molecule has 1 aromatic carbocycles. The zero-order valence-corrected chi connectivity index (χ0v) is 12.3. The molecule has 2 heterocycles. The zero-order chi connectivity index (χ0) is 15.4. The Labute approximate surface area is 128 Å². The molecule has 5 nitrogen and oxygen atoms in total. The fraction of sp³-hybridized carbons (Fsp3) is 0.176. The molecule has 3 rings (SSSR count). The van der Waals surface area contributed by atoms with E-state index in [0.717, 1.165) is 22.7 Å². The summed E-state index contributed by atoms with van der Waals surface area (Å²) in [6, 6.07) is 12.9. The van der Waals surface area contributed by atoms with Gasteiger partial charge in [0.2, 0.25) is 0 Å². The van der Waals surface area contributed by atoms with Gasteiger partial charge >= 0.3 is 0 Å². The number of hydrogen-bond acceptors (Lipinski definition) is 3. The molecule has 0 spiro atoms. The molecule has 0 amide bonds. The van der Waals surface area contributed by atoms with E-state index in [1.807, 2.05) is 43.3 Å². The first-order valence-electron chi connectivity index (χ1n) is 7.19. The standard InChI is InChI=1S/C17H17N3O2/c1-2-22-16-7-5-15(6-8-16)20-17(21)11-14(19-20)10-13-4-3-9-18-12-13/h3-9,11-12,19H,2,10H2,1H3. The van der Waals surface area contributed by atoms with Crippen LogP contribution < -0.4 is 10.3 Å². The number of aromatic nitrogens is 3. The van der Waals surface area contributed by atoms with Gasteiger partial charge < -0.3 is 4.74 Å². The molecule has 2 aromatic heterocycles. The topological polar surface area (TPSA) is 59.9 Å². The van der Waals surface area contributed by atoms with Crippen molar-refractivity contribution in [1.29, 1.82) is 0 Å². The predicted octanol–water partition coefficient (Wildman–Crippen LogP) is 2.55. The van der Waals surface area contributed by atoms with Gasteiger partial charge in [-0.2, -0.15) is 0 Å². The Morgan fingerprint density at radius 2 is 2.05 bits per heavy atom. The maximum atomic E-state index is 12.1. The van der Waals surface area contributed by atoms with Crippen LogP contribution in [-0.2, 0) is 6.42 Å². The zero-order valence-electron chi connectivity index (χ0n) is 12.3. The van der Waals surface area contributed by atoms with Gasteiger partial charge in [-0.3, -0.25) is 14.9 Å². The average Bonchev–Trinajstić information content (AvgIpc) is 2.90. The largest absolute Gasteiger partial charge is 0.494 e. The lowest BCUT2D eigenvalue weighted by atomic mass is 10.2. The van der Waals surface area contributed by atoms with Crippen LogP contribution in [-0.4, -0.2) is 21.4 Å². The number of benzene rings is 1. The highest BCUT2D eigenvalue weighted by Crippen LogP contribution is 2.14. The van der Waals surface area contributed by atoms with Crippen molar-refractivity contribution in [3.63, 3.8) is 0 Å². The van der Waals surface area contributed by atoms with Crippen molar-refractivity contribution in [1.82, 2.24) is 14.8 Å². The van der Waals surface area contributed by atoms with Crippen LogP contribution in [0.1, 0.15) is 18.2 Å². The predicted molar refractivity (Wildman–Crippen MR) is 84.6 cm³/mol. The monoisotopic (exact) mass is 295 g/mol. The summed E-state index contributed by atoms with van der Waals surface area (Å²) in [5, 5.41) is 3.13. The molecule has 0 radical (unpaired) electrons. The minimum atomic E-state index is -0.0805. The molecule has 5 heteroatoms. The van der Waals surface area contributed by atoms with E-state index in [-0.39, 0.29) is 5.56 Å². The van der Waals surface area contributed by atoms with E-state index in [9.17, 15) is 4.79 Å². The van der Waals surface area contributed by atoms with Crippen LogP contribution >= 0.6 is 0 Å². The summed E-state index contributed by atoms with van der Waals surface area (Å²) in [6.07, 6.45) is 4.18. The minimum absolute atomic E-state index is 0.0805. The molecule has 0 bridgehead atoms. The Morgan fingerprint density at radius 3 is 2.73 bits per heavy atom. The third-order valence-corrected chi connectivity index (χ3v) is 3.30. The SMILES string of the molecule is CCOc1ccc(-n2[nH]c(Cc3cccnc3)cc2=O)cc1. The number of H-pyrrole nitrogens is 1. The Hall–Kier alpha value is -2.82. The van der Waals surface area contributed by atoms with Crippen molar-refractivity contribution in [3.05, 3.63) is 76.5 Å². The summed E-state index contributed by atoms with van der Waals surface area (Å²) >= 11 is 0. The summed E-state index contributed by atoms with van der Waals surface area (Å²) in [5.41, 5.74) is 2.61. The van der Waals surface area contributed by atoms with Crippen molar-refractivity contribution in [2.24, 2.45) is 0 Å². The molecule has 0 fully saturated rings. The Morgan fingerprint density at radius 1 is 1.23 bits per heavy atom. The molecule has 0 saturated carbocycles. The van der Waals surface area contributed by atoms with Gasteiger partial charge in [0.25, 0.3) is 5.56 Å². The molecule has 1 N–H and O–H groups in total. The lowest BCUT2D eigenvalue weighted by Crippen LogP contribution is -2.13. The van der Waals surface area contributed by atoms with E-state index in [1.165, 1.54) is 4.68 Å². The normalized spacial score (nSPS) is 10.6. The molecule has 112 valence electrons. The van der Waals surface area contributed by atoms with Crippen molar-refractivity contribution in [2.75, 3.05) is 6.61 Å². The molecule has 0 saturated heterocycles. The number of aromatic amines is 1. The minimum Gasteiger partial charge on any atom is -0.494 e. The van der Waals surface area contributed by atoms with Gasteiger partial charge in [-0.15, -0.1) is 0 Å². The fourth-order valence-corrected chi connectivity index (χ4v) is 2.31.